The number of nitrogens with zero attached hydrogens (tertiary/aromatic N) is 1. The highest BCUT2D eigenvalue weighted by molar-refractivity contribution is 5.44. The first-order valence-corrected chi connectivity index (χ1v) is 6.52. The van der Waals surface area contributed by atoms with Crippen LogP contribution < -0.4 is 11.1 Å². The third-order valence-electron chi connectivity index (χ3n) is 3.51. The SMILES string of the molecule is Nc1nc(NCCCC2CCCC2)c(F)cc1F. The van der Waals surface area contributed by atoms with Crippen molar-refractivity contribution >= 4 is 11.6 Å². The molecule has 0 aromatic carbocycles. The molecule has 1 aromatic rings. The van der Waals surface area contributed by atoms with Crippen LogP contribution in [0.15, 0.2) is 6.07 Å². The second-order valence-electron chi connectivity index (χ2n) is 4.91. The quantitative estimate of drug-likeness (QED) is 0.793. The standard InChI is InChI=1S/C13H19F2N3/c14-10-8-11(15)13(18-12(10)16)17-7-3-6-9-4-1-2-5-9/h8-9H,1-7H2,(H3,16,17,18). The van der Waals surface area contributed by atoms with Gasteiger partial charge in [0.05, 0.1) is 0 Å². The molecule has 100 valence electrons. The maximum atomic E-state index is 13.3. The molecule has 5 heteroatoms. The second kappa shape index (κ2) is 5.98. The van der Waals surface area contributed by atoms with Gasteiger partial charge in [0.25, 0.3) is 0 Å². The van der Waals surface area contributed by atoms with Gasteiger partial charge in [-0.05, 0) is 18.8 Å². The summed E-state index contributed by atoms with van der Waals surface area (Å²) in [4.78, 5) is 3.66. The van der Waals surface area contributed by atoms with E-state index in [1.165, 1.54) is 25.7 Å². The highest BCUT2D eigenvalue weighted by Crippen LogP contribution is 2.28. The number of nitrogens with one attached hydrogen (secondary N) is 1. The Kier molecular flexibility index (Phi) is 4.33. The summed E-state index contributed by atoms with van der Waals surface area (Å²) in [6, 6.07) is 0.766. The van der Waals surface area contributed by atoms with Gasteiger partial charge in [0.2, 0.25) is 0 Å². The Labute approximate surface area is 106 Å². The summed E-state index contributed by atoms with van der Waals surface area (Å²) in [5.41, 5.74) is 5.30. The zero-order chi connectivity index (χ0) is 13.0. The molecule has 0 aliphatic heterocycles. The zero-order valence-corrected chi connectivity index (χ0v) is 10.4. The smallest absolute Gasteiger partial charge is 0.168 e. The number of nitrogen functional groups attached to an aromatic ring is 1. The number of aromatic nitrogens is 1. The predicted molar refractivity (Wildman–Crippen MR) is 68.2 cm³/mol. The van der Waals surface area contributed by atoms with Crippen molar-refractivity contribution in [2.75, 3.05) is 17.6 Å². The molecule has 0 atom stereocenters. The number of nitrogens with two attached hydrogens (primary N) is 1. The fraction of sp³-hybridized carbons (Fsp3) is 0.615. The largest absolute Gasteiger partial charge is 0.381 e. The molecule has 0 saturated heterocycles. The summed E-state index contributed by atoms with van der Waals surface area (Å²) in [5.74, 6) is -0.913. The van der Waals surface area contributed by atoms with Crippen molar-refractivity contribution in [3.63, 3.8) is 0 Å². The van der Waals surface area contributed by atoms with Gasteiger partial charge in [0.1, 0.15) is 0 Å². The first-order valence-electron chi connectivity index (χ1n) is 6.52. The number of rotatable bonds is 5. The topological polar surface area (TPSA) is 50.9 Å². The highest BCUT2D eigenvalue weighted by Gasteiger charge is 2.14. The first kappa shape index (κ1) is 13.1. The van der Waals surface area contributed by atoms with Crippen LogP contribution in [0.5, 0.6) is 0 Å². The Bertz CT molecular complexity index is 403. The Morgan fingerprint density at radius 2 is 2.00 bits per heavy atom. The van der Waals surface area contributed by atoms with E-state index in [0.717, 1.165) is 24.8 Å². The Morgan fingerprint density at radius 3 is 2.72 bits per heavy atom. The molecule has 0 bridgehead atoms. The van der Waals surface area contributed by atoms with Crippen molar-refractivity contribution in [1.29, 1.82) is 0 Å². The van der Waals surface area contributed by atoms with E-state index in [4.69, 9.17) is 5.73 Å². The average molecular weight is 255 g/mol. The summed E-state index contributed by atoms with van der Waals surface area (Å²) >= 11 is 0. The summed E-state index contributed by atoms with van der Waals surface area (Å²) in [7, 11) is 0. The van der Waals surface area contributed by atoms with Gasteiger partial charge in [0, 0.05) is 12.6 Å². The molecule has 1 fully saturated rings. The molecule has 18 heavy (non-hydrogen) atoms. The fourth-order valence-electron chi connectivity index (χ4n) is 2.50. The average Bonchev–Trinajstić information content (AvgIpc) is 2.84. The Hall–Kier alpha value is -1.39. The van der Waals surface area contributed by atoms with Crippen LogP contribution in [0.4, 0.5) is 20.4 Å². The Morgan fingerprint density at radius 1 is 1.28 bits per heavy atom. The lowest BCUT2D eigenvalue weighted by molar-refractivity contribution is 0.490. The van der Waals surface area contributed by atoms with E-state index in [1.54, 1.807) is 0 Å². The van der Waals surface area contributed by atoms with Crippen molar-refractivity contribution in [2.24, 2.45) is 5.92 Å². The van der Waals surface area contributed by atoms with Crippen LogP contribution in [-0.4, -0.2) is 11.5 Å². The van der Waals surface area contributed by atoms with Crippen LogP contribution >= 0.6 is 0 Å². The van der Waals surface area contributed by atoms with Crippen molar-refractivity contribution in [3.05, 3.63) is 17.7 Å². The van der Waals surface area contributed by atoms with Gasteiger partial charge in [-0.1, -0.05) is 25.7 Å². The molecule has 3 nitrogen and oxygen atoms in total. The predicted octanol–water partition coefficient (Wildman–Crippen LogP) is 3.32. The van der Waals surface area contributed by atoms with Gasteiger partial charge in [-0.15, -0.1) is 0 Å². The van der Waals surface area contributed by atoms with Crippen LogP contribution in [0, 0.1) is 17.6 Å². The minimum Gasteiger partial charge on any atom is -0.381 e. The molecule has 1 saturated carbocycles. The van der Waals surface area contributed by atoms with Gasteiger partial charge < -0.3 is 11.1 Å². The molecule has 3 N–H and O–H groups in total. The normalized spacial score (nSPS) is 16.1. The van der Waals surface area contributed by atoms with Crippen LogP contribution in [-0.2, 0) is 0 Å². The van der Waals surface area contributed by atoms with Crippen LogP contribution in [0.2, 0.25) is 0 Å². The van der Waals surface area contributed by atoms with Gasteiger partial charge >= 0.3 is 0 Å². The van der Waals surface area contributed by atoms with E-state index in [9.17, 15) is 8.78 Å². The minimum absolute atomic E-state index is 0.0420. The zero-order valence-electron chi connectivity index (χ0n) is 10.4. The molecule has 0 spiro atoms. The fourth-order valence-corrected chi connectivity index (χ4v) is 2.50. The van der Waals surface area contributed by atoms with Crippen LogP contribution in [0.25, 0.3) is 0 Å². The maximum Gasteiger partial charge on any atom is 0.168 e. The van der Waals surface area contributed by atoms with Gasteiger partial charge in [-0.2, -0.15) is 0 Å². The number of hydrogen-bond acceptors (Lipinski definition) is 3. The van der Waals surface area contributed by atoms with E-state index >= 15 is 0 Å². The third kappa shape index (κ3) is 3.31. The Balaban J connectivity index is 1.77. The van der Waals surface area contributed by atoms with Crippen LogP contribution in [0.1, 0.15) is 38.5 Å². The number of hydrogen-bond donors (Lipinski definition) is 2. The molecule has 1 aromatic heterocycles. The van der Waals surface area contributed by atoms with Crippen molar-refractivity contribution < 1.29 is 8.78 Å². The summed E-state index contributed by atoms with van der Waals surface area (Å²) < 4.78 is 26.2. The molecule has 0 radical (unpaired) electrons. The molecule has 1 aliphatic carbocycles. The van der Waals surface area contributed by atoms with E-state index in [-0.39, 0.29) is 11.6 Å². The number of anilines is 2. The van der Waals surface area contributed by atoms with Crippen molar-refractivity contribution in [2.45, 2.75) is 38.5 Å². The van der Waals surface area contributed by atoms with Crippen molar-refractivity contribution in [3.8, 4) is 0 Å². The molecule has 1 heterocycles. The highest BCUT2D eigenvalue weighted by atomic mass is 19.1. The molecule has 0 amide bonds. The van der Waals surface area contributed by atoms with Crippen molar-refractivity contribution in [1.82, 2.24) is 4.98 Å². The van der Waals surface area contributed by atoms with E-state index < -0.39 is 11.6 Å². The minimum atomic E-state index is -0.816. The molecule has 0 unspecified atom stereocenters. The lowest BCUT2D eigenvalue weighted by Gasteiger charge is -2.10. The lowest BCUT2D eigenvalue weighted by atomic mass is 10.0. The van der Waals surface area contributed by atoms with Crippen LogP contribution in [0.3, 0.4) is 0 Å². The first-order chi connectivity index (χ1) is 8.66. The molecule has 2 rings (SSSR count). The van der Waals surface area contributed by atoms with E-state index in [0.29, 0.717) is 6.54 Å². The summed E-state index contributed by atoms with van der Waals surface area (Å²) in [6.07, 6.45) is 7.44. The molecular formula is C13H19F2N3. The van der Waals surface area contributed by atoms with E-state index in [1.807, 2.05) is 0 Å². The van der Waals surface area contributed by atoms with Gasteiger partial charge in [-0.3, -0.25) is 0 Å². The third-order valence-corrected chi connectivity index (χ3v) is 3.51. The van der Waals surface area contributed by atoms with E-state index in [2.05, 4.69) is 10.3 Å². The lowest BCUT2D eigenvalue weighted by Crippen LogP contribution is -2.09. The molecular weight excluding hydrogens is 236 g/mol. The maximum absolute atomic E-state index is 13.3. The summed E-state index contributed by atoms with van der Waals surface area (Å²) in [6.45, 7) is 0.644. The second-order valence-corrected chi connectivity index (χ2v) is 4.91. The summed E-state index contributed by atoms with van der Waals surface area (Å²) in [5, 5.41) is 2.87. The molecule has 1 aliphatic rings. The number of pyridine rings is 1. The van der Waals surface area contributed by atoms with Gasteiger partial charge in [-0.25, -0.2) is 13.8 Å². The number of halogens is 2. The monoisotopic (exact) mass is 255 g/mol. The van der Waals surface area contributed by atoms with Gasteiger partial charge in [0.15, 0.2) is 23.3 Å².